The fourth-order valence-corrected chi connectivity index (χ4v) is 4.56. The number of hydrogen-bond donors (Lipinski definition) is 2. The van der Waals surface area contributed by atoms with Crippen molar-refractivity contribution in [2.24, 2.45) is 7.05 Å². The van der Waals surface area contributed by atoms with Gasteiger partial charge in [-0.15, -0.1) is 0 Å². The smallest absolute Gasteiger partial charge is 0.267 e. The standard InChI is InChI=1S/C20H20FN5O/c1-26-10-9-22-19(26)16-17(11-5-7-12(21)8-6-11)23-14-4-2-3-13-15(14)18(16)24-25-20(13)27/h5-10,14,16-17,23H,2-4H2,1H3,(H,25,27)/t14?,16-,17-/m1/s1. The molecule has 5 rings (SSSR count). The van der Waals surface area contributed by atoms with E-state index in [4.69, 9.17) is 0 Å². The van der Waals surface area contributed by atoms with Crippen molar-refractivity contribution in [3.63, 3.8) is 0 Å². The molecule has 0 fully saturated rings. The van der Waals surface area contributed by atoms with Crippen LogP contribution in [0.1, 0.15) is 59.1 Å². The molecule has 0 bridgehead atoms. The van der Waals surface area contributed by atoms with Crippen molar-refractivity contribution < 1.29 is 4.39 Å². The van der Waals surface area contributed by atoms with E-state index in [1.165, 1.54) is 12.1 Å². The average Bonchev–Trinajstić information content (AvgIpc) is 3.10. The first-order valence-corrected chi connectivity index (χ1v) is 9.23. The maximum Gasteiger partial charge on any atom is 0.267 e. The number of aromatic nitrogens is 4. The Morgan fingerprint density at radius 2 is 2.07 bits per heavy atom. The third-order valence-corrected chi connectivity index (χ3v) is 5.80. The molecule has 1 aliphatic carbocycles. The van der Waals surface area contributed by atoms with Gasteiger partial charge in [-0.05, 0) is 37.0 Å². The van der Waals surface area contributed by atoms with E-state index in [1.54, 1.807) is 6.20 Å². The van der Waals surface area contributed by atoms with Crippen molar-refractivity contribution in [2.75, 3.05) is 0 Å². The fraction of sp³-hybridized carbons (Fsp3) is 0.350. The Bertz CT molecular complexity index is 1050. The van der Waals surface area contributed by atoms with Crippen molar-refractivity contribution >= 4 is 0 Å². The van der Waals surface area contributed by atoms with Gasteiger partial charge in [-0.25, -0.2) is 14.5 Å². The summed E-state index contributed by atoms with van der Waals surface area (Å²) in [4.78, 5) is 16.9. The maximum atomic E-state index is 13.5. The second kappa shape index (κ2) is 6.13. The molecule has 3 aromatic rings. The number of nitrogens with one attached hydrogen (secondary N) is 2. The molecule has 0 spiro atoms. The zero-order valence-electron chi connectivity index (χ0n) is 14.9. The molecule has 1 aromatic carbocycles. The molecule has 2 aromatic heterocycles. The van der Waals surface area contributed by atoms with Gasteiger partial charge in [0.25, 0.3) is 5.56 Å². The quantitative estimate of drug-likeness (QED) is 0.732. The van der Waals surface area contributed by atoms with E-state index in [0.29, 0.717) is 0 Å². The molecule has 27 heavy (non-hydrogen) atoms. The van der Waals surface area contributed by atoms with E-state index in [-0.39, 0.29) is 29.4 Å². The predicted molar refractivity (Wildman–Crippen MR) is 97.9 cm³/mol. The predicted octanol–water partition coefficient (Wildman–Crippen LogP) is 2.50. The van der Waals surface area contributed by atoms with Crippen LogP contribution in [0.2, 0.25) is 0 Å². The Balaban J connectivity index is 1.74. The van der Waals surface area contributed by atoms with Crippen molar-refractivity contribution in [3.05, 3.63) is 81.0 Å². The minimum absolute atomic E-state index is 0.0742. The SMILES string of the molecule is Cn1ccnc1[C@H]1c2n[nH]c(=O)c3c2C(CCC3)N[C@@H]1c1ccc(F)cc1. The topological polar surface area (TPSA) is 75.6 Å². The summed E-state index contributed by atoms with van der Waals surface area (Å²) in [5.41, 5.74) is 3.61. The summed E-state index contributed by atoms with van der Waals surface area (Å²) in [6.07, 6.45) is 6.35. The summed E-state index contributed by atoms with van der Waals surface area (Å²) >= 11 is 0. The van der Waals surface area contributed by atoms with E-state index >= 15 is 0 Å². The highest BCUT2D eigenvalue weighted by Gasteiger charge is 2.42. The van der Waals surface area contributed by atoms with E-state index in [9.17, 15) is 9.18 Å². The van der Waals surface area contributed by atoms with Crippen LogP contribution in [-0.4, -0.2) is 19.7 Å². The zero-order valence-corrected chi connectivity index (χ0v) is 14.9. The number of aromatic amines is 1. The van der Waals surface area contributed by atoms with Crippen LogP contribution in [0.15, 0.2) is 41.5 Å². The second-order valence-electron chi connectivity index (χ2n) is 7.34. The molecule has 6 nitrogen and oxygen atoms in total. The molecule has 3 atom stereocenters. The zero-order chi connectivity index (χ0) is 18.5. The van der Waals surface area contributed by atoms with Gasteiger partial charge in [0.1, 0.15) is 11.6 Å². The summed E-state index contributed by atoms with van der Waals surface area (Å²) in [5, 5.41) is 10.9. The van der Waals surface area contributed by atoms with E-state index < -0.39 is 0 Å². The maximum absolute atomic E-state index is 13.5. The summed E-state index contributed by atoms with van der Waals surface area (Å²) in [5.74, 6) is 0.434. The van der Waals surface area contributed by atoms with Crippen LogP contribution >= 0.6 is 0 Å². The van der Waals surface area contributed by atoms with Gasteiger partial charge in [-0.3, -0.25) is 4.79 Å². The molecule has 0 amide bonds. The lowest BCUT2D eigenvalue weighted by Crippen LogP contribution is -2.42. The van der Waals surface area contributed by atoms with Crippen LogP contribution in [0, 0.1) is 5.82 Å². The summed E-state index contributed by atoms with van der Waals surface area (Å²) in [7, 11) is 1.95. The first kappa shape index (κ1) is 16.4. The highest BCUT2D eigenvalue weighted by Crippen LogP contribution is 2.46. The van der Waals surface area contributed by atoms with E-state index in [0.717, 1.165) is 47.5 Å². The van der Waals surface area contributed by atoms with E-state index in [1.807, 2.05) is 29.9 Å². The van der Waals surface area contributed by atoms with Crippen molar-refractivity contribution in [1.82, 2.24) is 25.1 Å². The van der Waals surface area contributed by atoms with Crippen LogP contribution in [0.5, 0.6) is 0 Å². The number of nitrogens with zero attached hydrogens (tertiary/aromatic N) is 3. The molecular formula is C20H20FN5O. The molecule has 7 heteroatoms. The Labute approximate surface area is 155 Å². The Morgan fingerprint density at radius 3 is 2.81 bits per heavy atom. The molecule has 1 aliphatic heterocycles. The molecule has 0 radical (unpaired) electrons. The number of hydrogen-bond acceptors (Lipinski definition) is 4. The summed E-state index contributed by atoms with van der Waals surface area (Å²) in [6.45, 7) is 0. The van der Waals surface area contributed by atoms with Crippen LogP contribution in [0.3, 0.4) is 0 Å². The van der Waals surface area contributed by atoms with Gasteiger partial charge in [0.05, 0.1) is 11.6 Å². The first-order valence-electron chi connectivity index (χ1n) is 9.23. The number of benzene rings is 1. The van der Waals surface area contributed by atoms with Gasteiger partial charge in [-0.2, -0.15) is 5.10 Å². The average molecular weight is 365 g/mol. The van der Waals surface area contributed by atoms with Crippen LogP contribution in [-0.2, 0) is 13.5 Å². The normalized spacial score (nSPS) is 23.9. The minimum Gasteiger partial charge on any atom is -0.337 e. The van der Waals surface area contributed by atoms with Crippen LogP contribution in [0.25, 0.3) is 0 Å². The van der Waals surface area contributed by atoms with Gasteiger partial charge in [0.2, 0.25) is 0 Å². The lowest BCUT2D eigenvalue weighted by atomic mass is 9.76. The second-order valence-corrected chi connectivity index (χ2v) is 7.34. The fourth-order valence-electron chi connectivity index (χ4n) is 4.56. The largest absolute Gasteiger partial charge is 0.337 e. The van der Waals surface area contributed by atoms with Gasteiger partial charge < -0.3 is 9.88 Å². The molecular weight excluding hydrogens is 345 g/mol. The molecule has 2 N–H and O–H groups in total. The van der Waals surface area contributed by atoms with E-state index in [2.05, 4.69) is 20.5 Å². The number of aryl methyl sites for hydroxylation is 1. The number of rotatable bonds is 2. The highest BCUT2D eigenvalue weighted by atomic mass is 19.1. The highest BCUT2D eigenvalue weighted by molar-refractivity contribution is 5.43. The lowest BCUT2D eigenvalue weighted by Gasteiger charge is -2.40. The van der Waals surface area contributed by atoms with Crippen LogP contribution in [0.4, 0.5) is 4.39 Å². The third kappa shape index (κ3) is 2.53. The number of H-pyrrole nitrogens is 1. The molecule has 1 unspecified atom stereocenters. The molecule has 138 valence electrons. The Kier molecular flexibility index (Phi) is 3.72. The van der Waals surface area contributed by atoms with Crippen LogP contribution < -0.4 is 10.9 Å². The molecule has 3 heterocycles. The Hall–Kier alpha value is -2.80. The van der Waals surface area contributed by atoms with Gasteiger partial charge in [0, 0.05) is 42.7 Å². The van der Waals surface area contributed by atoms with Crippen molar-refractivity contribution in [1.29, 1.82) is 0 Å². The first-order chi connectivity index (χ1) is 13.1. The number of imidazole rings is 1. The molecule has 2 aliphatic rings. The molecule has 0 saturated heterocycles. The van der Waals surface area contributed by atoms with Gasteiger partial charge in [0.15, 0.2) is 0 Å². The third-order valence-electron chi connectivity index (χ3n) is 5.80. The summed E-state index contributed by atoms with van der Waals surface area (Å²) in [6, 6.07) is 6.55. The van der Waals surface area contributed by atoms with Crippen molar-refractivity contribution in [3.8, 4) is 0 Å². The minimum atomic E-state index is -0.258. The van der Waals surface area contributed by atoms with Gasteiger partial charge >= 0.3 is 0 Å². The number of halogens is 1. The van der Waals surface area contributed by atoms with Crippen molar-refractivity contribution in [2.45, 2.75) is 37.3 Å². The van der Waals surface area contributed by atoms with Gasteiger partial charge in [-0.1, -0.05) is 12.1 Å². The monoisotopic (exact) mass is 365 g/mol. The summed E-state index contributed by atoms with van der Waals surface area (Å²) < 4.78 is 15.5. The lowest BCUT2D eigenvalue weighted by molar-refractivity contribution is 0.328. The Morgan fingerprint density at radius 1 is 1.26 bits per heavy atom. The molecule has 0 saturated carbocycles.